The van der Waals surface area contributed by atoms with Crippen molar-refractivity contribution >= 4 is 84.7 Å². The number of halogens is 6. The number of thiophene rings is 1. The second-order valence-electron chi connectivity index (χ2n) is 28.0. The molecule has 7 atom stereocenters. The molecule has 4 saturated heterocycles. The number of β-amino-alcohol motifs (C(OH)–C–C–N with tert-alkyl or cyclic N) is 1. The summed E-state index contributed by atoms with van der Waals surface area (Å²) in [4.78, 5) is 85.0. The van der Waals surface area contributed by atoms with Crippen LogP contribution in [0.5, 0.6) is 6.01 Å². The molecule has 514 valence electrons. The van der Waals surface area contributed by atoms with Crippen LogP contribution in [0.1, 0.15) is 131 Å². The highest BCUT2D eigenvalue weighted by Crippen LogP contribution is 2.47. The SMILES string of the molecule is C[C@H](NC(=O)C1C[C@@H](O)CN1C(=O)[C@@H](NC(=O)CCOCCCN1CCCC1COc1nc(N2CC3CCC(C2)N3C(=O)OC(C)(C)C)c2cc(Cl)c(-c3ccc(F)c4sc(NC(=O)OC(C)(C)C)c(C#N)c34)c(F)c2n1)C(C)(C)C)c1ccc(-c2c(F)cc(F)cc2F)cc1. The first kappa shape index (κ1) is 70.8. The van der Waals surface area contributed by atoms with Crippen molar-refractivity contribution in [3.8, 4) is 34.3 Å². The molecule has 4 aromatic carbocycles. The number of rotatable bonds is 19. The number of aliphatic hydroxyl groups is 1. The van der Waals surface area contributed by atoms with Crippen LogP contribution in [0, 0.1) is 45.8 Å². The van der Waals surface area contributed by atoms with Crippen molar-refractivity contribution in [2.24, 2.45) is 5.41 Å². The van der Waals surface area contributed by atoms with Gasteiger partial charge in [-0.1, -0.05) is 62.7 Å². The third kappa shape index (κ3) is 15.9. The average Bonchev–Trinajstić information content (AvgIpc) is 1.33. The van der Waals surface area contributed by atoms with Gasteiger partial charge in [0.25, 0.3) is 0 Å². The maximum Gasteiger partial charge on any atom is 0.412 e. The molecule has 4 N–H and O–H groups in total. The summed E-state index contributed by atoms with van der Waals surface area (Å²) in [6, 6.07) is 9.72. The number of amides is 5. The minimum Gasteiger partial charge on any atom is -0.462 e. The smallest absolute Gasteiger partial charge is 0.412 e. The fraction of sp³-hybridized carbons (Fsp3) is 0.507. The van der Waals surface area contributed by atoms with Gasteiger partial charge in [-0.15, -0.1) is 11.3 Å². The van der Waals surface area contributed by atoms with Crippen molar-refractivity contribution < 1.29 is 70.0 Å². The number of hydrogen-bond acceptors (Lipinski definition) is 16. The van der Waals surface area contributed by atoms with Crippen LogP contribution < -0.4 is 25.6 Å². The number of carbonyl (C=O) groups excluding carboxylic acids is 5. The van der Waals surface area contributed by atoms with Crippen molar-refractivity contribution in [1.82, 2.24) is 35.3 Å². The highest BCUT2D eigenvalue weighted by atomic mass is 35.5. The molecule has 0 saturated carbocycles. The molecule has 96 heavy (non-hydrogen) atoms. The van der Waals surface area contributed by atoms with Crippen LogP contribution in [0.4, 0.5) is 42.4 Å². The number of hydrogen-bond donors (Lipinski definition) is 4. The predicted octanol–water partition coefficient (Wildman–Crippen LogP) is 12.3. The van der Waals surface area contributed by atoms with Crippen LogP contribution in [0.15, 0.2) is 54.6 Å². The lowest BCUT2D eigenvalue weighted by Crippen LogP contribution is -2.58. The van der Waals surface area contributed by atoms with E-state index >= 15 is 8.78 Å². The summed E-state index contributed by atoms with van der Waals surface area (Å²) in [5, 5.41) is 29.7. The van der Waals surface area contributed by atoms with Crippen molar-refractivity contribution in [3.63, 3.8) is 0 Å². The molecular formula is C69H80ClF5N10O10S. The highest BCUT2D eigenvalue weighted by Gasteiger charge is 2.47. The lowest BCUT2D eigenvalue weighted by Gasteiger charge is -2.42. The first-order chi connectivity index (χ1) is 45.3. The van der Waals surface area contributed by atoms with Gasteiger partial charge < -0.3 is 44.5 Å². The molecule has 2 aromatic heterocycles. The van der Waals surface area contributed by atoms with Crippen LogP contribution in [0.25, 0.3) is 43.2 Å². The van der Waals surface area contributed by atoms with Gasteiger partial charge in [-0.05, 0) is 121 Å². The van der Waals surface area contributed by atoms with E-state index in [-0.39, 0.29) is 110 Å². The predicted molar refractivity (Wildman–Crippen MR) is 353 cm³/mol. The van der Waals surface area contributed by atoms with Crippen LogP contribution in [0.3, 0.4) is 0 Å². The van der Waals surface area contributed by atoms with E-state index in [4.69, 9.17) is 35.5 Å². The minimum absolute atomic E-state index is 0.00644. The molecule has 4 fully saturated rings. The summed E-state index contributed by atoms with van der Waals surface area (Å²) < 4.78 is 99.8. The van der Waals surface area contributed by atoms with Gasteiger partial charge >= 0.3 is 18.2 Å². The Balaban J connectivity index is 0.782. The lowest BCUT2D eigenvalue weighted by molar-refractivity contribution is -0.144. The molecule has 0 spiro atoms. The Morgan fingerprint density at radius 3 is 2.16 bits per heavy atom. The molecule has 4 unspecified atom stereocenters. The average molecular weight is 1370 g/mol. The molecule has 27 heteroatoms. The highest BCUT2D eigenvalue weighted by molar-refractivity contribution is 7.23. The zero-order valence-electron chi connectivity index (χ0n) is 55.3. The van der Waals surface area contributed by atoms with Crippen LogP contribution in [-0.2, 0) is 28.6 Å². The first-order valence-corrected chi connectivity index (χ1v) is 33.4. The molecule has 0 aliphatic carbocycles. The Labute approximate surface area is 562 Å². The molecular weight excluding hydrogens is 1290 g/mol. The first-order valence-electron chi connectivity index (χ1n) is 32.2. The van der Waals surface area contributed by atoms with Gasteiger partial charge in [-0.3, -0.25) is 29.5 Å². The minimum atomic E-state index is -1.08. The molecule has 10 rings (SSSR count). The number of ether oxygens (including phenoxy) is 4. The second-order valence-corrected chi connectivity index (χ2v) is 29.4. The molecule has 2 bridgehead atoms. The number of nitrogens with zero attached hydrogens (tertiary/aromatic N) is 7. The molecule has 20 nitrogen and oxygen atoms in total. The van der Waals surface area contributed by atoms with E-state index in [0.29, 0.717) is 69.0 Å². The number of benzene rings is 4. The van der Waals surface area contributed by atoms with E-state index in [1.54, 1.807) is 65.5 Å². The fourth-order valence-electron chi connectivity index (χ4n) is 13.1. The van der Waals surface area contributed by atoms with E-state index < -0.39 is 105 Å². The van der Waals surface area contributed by atoms with Gasteiger partial charge in [0.1, 0.15) is 75.6 Å². The lowest BCUT2D eigenvalue weighted by atomic mass is 9.85. The van der Waals surface area contributed by atoms with Crippen molar-refractivity contribution in [2.45, 2.75) is 168 Å². The Hall–Kier alpha value is -7.96. The van der Waals surface area contributed by atoms with Crippen molar-refractivity contribution in [3.05, 3.63) is 99.8 Å². The number of aliphatic hydroxyl groups excluding tert-OH is 1. The fourth-order valence-corrected chi connectivity index (χ4v) is 14.4. The monoisotopic (exact) mass is 1370 g/mol. The number of likely N-dealkylation sites (tertiary alicyclic amines) is 2. The van der Waals surface area contributed by atoms with Crippen molar-refractivity contribution in [1.29, 1.82) is 5.26 Å². The van der Waals surface area contributed by atoms with Crippen LogP contribution in [0.2, 0.25) is 5.02 Å². The zero-order valence-corrected chi connectivity index (χ0v) is 56.8. The molecule has 5 amide bonds. The largest absolute Gasteiger partial charge is 0.462 e. The normalized spacial score (nSPS) is 19.8. The van der Waals surface area contributed by atoms with Gasteiger partial charge in [0.2, 0.25) is 17.7 Å². The summed E-state index contributed by atoms with van der Waals surface area (Å²) in [6.45, 7) is 19.7. The number of aromatic nitrogens is 2. The summed E-state index contributed by atoms with van der Waals surface area (Å²) in [5.74, 6) is -6.03. The molecule has 4 aliphatic rings. The van der Waals surface area contributed by atoms with Gasteiger partial charge in [0.15, 0.2) is 5.82 Å². The number of anilines is 2. The Morgan fingerprint density at radius 2 is 1.51 bits per heavy atom. The number of nitrogens with one attached hydrogen (secondary N) is 3. The number of carbonyl (C=O) groups is 5. The van der Waals surface area contributed by atoms with Gasteiger partial charge in [0.05, 0.1) is 51.7 Å². The topological polar surface area (TPSA) is 241 Å². The summed E-state index contributed by atoms with van der Waals surface area (Å²) in [5.41, 5.74) is -2.49. The van der Waals surface area contributed by atoms with Gasteiger partial charge in [-0.2, -0.15) is 15.2 Å². The zero-order chi connectivity index (χ0) is 69.5. The van der Waals surface area contributed by atoms with E-state index in [1.807, 2.05) is 25.7 Å². The number of fused-ring (bicyclic) bond motifs is 4. The van der Waals surface area contributed by atoms with E-state index in [1.165, 1.54) is 29.2 Å². The Bertz CT molecular complexity index is 3970. The molecule has 4 aliphatic heterocycles. The van der Waals surface area contributed by atoms with Gasteiger partial charge in [-0.25, -0.2) is 31.5 Å². The summed E-state index contributed by atoms with van der Waals surface area (Å²) in [6.07, 6.45) is 1.13. The molecule has 6 heterocycles. The molecule has 0 radical (unpaired) electrons. The standard InChI is InChI=1S/C69H80ClF5N10O10S/c1-36(37-14-16-38(17-15-37)53-49(73)27-39(71)28-50(53)74)77-61(88)51-29-43(86)34-84(51)63(89)59(67(2,3)4)78-52(87)22-26-92-25-12-24-82-23-11-13-42(82)35-93-64-79-57-45(60(80-64)83-32-40-18-19-41(33-83)85(40)66(91)95-69(8,9)10)30-47(70)55(56(57)75)44-20-21-48(72)58-54(44)46(31-76)62(96-58)81-65(90)94-68(5,6)7/h14-17,20-21,27-28,30,36,40-43,51,59,86H,11-13,18-19,22-26,29,32-35H2,1-10H3,(H,77,88)(H,78,87)(H,81,90)/t36-,40?,41?,42?,43+,51?,59+/m0/s1. The van der Waals surface area contributed by atoms with Gasteiger partial charge in [0, 0.05) is 80.1 Å². The quantitative estimate of drug-likeness (QED) is 0.0435. The number of nitriles is 1. The third-order valence-corrected chi connectivity index (χ3v) is 18.9. The summed E-state index contributed by atoms with van der Waals surface area (Å²) >= 11 is 7.90. The van der Waals surface area contributed by atoms with E-state index in [2.05, 4.69) is 31.9 Å². The Morgan fingerprint density at radius 1 is 0.833 bits per heavy atom. The summed E-state index contributed by atoms with van der Waals surface area (Å²) in [7, 11) is 0. The van der Waals surface area contributed by atoms with Crippen molar-refractivity contribution in [2.75, 3.05) is 62.8 Å². The van der Waals surface area contributed by atoms with Crippen LogP contribution in [-0.4, -0.2) is 160 Å². The maximum absolute atomic E-state index is 17.9. The van der Waals surface area contributed by atoms with E-state index in [9.17, 15) is 47.5 Å². The van der Waals surface area contributed by atoms with Crippen LogP contribution >= 0.6 is 22.9 Å². The Kier molecular flexibility index (Phi) is 21.1. The maximum atomic E-state index is 17.9. The van der Waals surface area contributed by atoms with E-state index in [0.717, 1.165) is 36.8 Å². The third-order valence-electron chi connectivity index (χ3n) is 17.5. The number of piperazine rings is 1. The second kappa shape index (κ2) is 28.6. The molecule has 6 aromatic rings.